The SMILES string of the molecule is c1cc(-c2ccc(N(c3ccc(-c4cccc(-n5c6ccccc6c6ccccc65)c4)cc3)c3ccc4oc5c6ccccc6ccc5c4c3)cc2)cc(-c2ccc3ccccc3c2)c1. The van der Waals surface area contributed by atoms with Gasteiger partial charge in [-0.2, -0.15) is 0 Å². The number of aromatic nitrogens is 1. The summed E-state index contributed by atoms with van der Waals surface area (Å²) in [5, 5.41) is 9.51. The van der Waals surface area contributed by atoms with Gasteiger partial charge in [0.25, 0.3) is 0 Å². The molecule has 0 aliphatic rings. The summed E-state index contributed by atoms with van der Waals surface area (Å²) >= 11 is 0. The zero-order valence-electron chi connectivity index (χ0n) is 35.4. The molecular formula is C62H40N2O. The van der Waals surface area contributed by atoms with Crippen LogP contribution in [0.15, 0.2) is 247 Å². The molecule has 13 aromatic rings. The minimum Gasteiger partial charge on any atom is -0.455 e. The number of nitrogens with zero attached hydrogens (tertiary/aromatic N) is 2. The maximum absolute atomic E-state index is 6.57. The minimum atomic E-state index is 0.875. The van der Waals surface area contributed by atoms with Crippen LogP contribution in [-0.4, -0.2) is 4.57 Å². The number of rotatable bonds is 7. The second kappa shape index (κ2) is 15.0. The molecule has 0 saturated carbocycles. The van der Waals surface area contributed by atoms with E-state index in [1.54, 1.807) is 0 Å². The summed E-state index contributed by atoms with van der Waals surface area (Å²) in [6.07, 6.45) is 0. The van der Waals surface area contributed by atoms with E-state index in [1.165, 1.54) is 54.7 Å². The highest BCUT2D eigenvalue weighted by molar-refractivity contribution is 6.16. The highest BCUT2D eigenvalue weighted by Gasteiger charge is 2.18. The van der Waals surface area contributed by atoms with Gasteiger partial charge in [-0.05, 0) is 134 Å². The lowest BCUT2D eigenvalue weighted by Crippen LogP contribution is -2.09. The summed E-state index contributed by atoms with van der Waals surface area (Å²) in [7, 11) is 0. The summed E-state index contributed by atoms with van der Waals surface area (Å²) < 4.78 is 8.95. The number of para-hydroxylation sites is 2. The molecule has 0 amide bonds. The molecule has 3 nitrogen and oxygen atoms in total. The molecule has 0 aliphatic carbocycles. The second-order valence-electron chi connectivity index (χ2n) is 16.9. The van der Waals surface area contributed by atoms with Gasteiger partial charge < -0.3 is 13.9 Å². The van der Waals surface area contributed by atoms with Crippen LogP contribution in [0.25, 0.3) is 104 Å². The Morgan fingerprint density at radius 3 is 1.52 bits per heavy atom. The van der Waals surface area contributed by atoms with E-state index >= 15 is 0 Å². The van der Waals surface area contributed by atoms with Crippen LogP contribution in [-0.2, 0) is 0 Å². The molecule has 65 heavy (non-hydrogen) atoms. The van der Waals surface area contributed by atoms with E-state index in [1.807, 2.05) is 0 Å². The lowest BCUT2D eigenvalue weighted by Gasteiger charge is -2.26. The Kier molecular flexibility index (Phi) is 8.53. The molecule has 0 bridgehead atoms. The number of anilines is 3. The topological polar surface area (TPSA) is 21.3 Å². The van der Waals surface area contributed by atoms with Crippen molar-refractivity contribution in [3.8, 4) is 39.1 Å². The Morgan fingerprint density at radius 2 is 0.815 bits per heavy atom. The van der Waals surface area contributed by atoms with Crippen molar-refractivity contribution in [2.45, 2.75) is 0 Å². The van der Waals surface area contributed by atoms with E-state index in [-0.39, 0.29) is 0 Å². The van der Waals surface area contributed by atoms with Crippen molar-refractivity contribution in [2.24, 2.45) is 0 Å². The molecule has 13 rings (SSSR count). The molecule has 0 radical (unpaired) electrons. The maximum atomic E-state index is 6.57. The number of benzene rings is 11. The quantitative estimate of drug-likeness (QED) is 0.160. The van der Waals surface area contributed by atoms with Crippen LogP contribution in [0.5, 0.6) is 0 Å². The van der Waals surface area contributed by atoms with Gasteiger partial charge in [-0.1, -0.05) is 158 Å². The van der Waals surface area contributed by atoms with E-state index in [0.717, 1.165) is 66.8 Å². The van der Waals surface area contributed by atoms with E-state index < -0.39 is 0 Å². The molecule has 0 fully saturated rings. The number of furan rings is 1. The first-order valence-electron chi connectivity index (χ1n) is 22.2. The third-order valence-electron chi connectivity index (χ3n) is 13.2. The van der Waals surface area contributed by atoms with Crippen LogP contribution in [0, 0.1) is 0 Å². The molecule has 304 valence electrons. The van der Waals surface area contributed by atoms with Gasteiger partial charge in [0, 0.05) is 49.7 Å². The van der Waals surface area contributed by atoms with Crippen molar-refractivity contribution >= 4 is 82.4 Å². The summed E-state index contributed by atoms with van der Waals surface area (Å²) in [4.78, 5) is 2.35. The first-order valence-corrected chi connectivity index (χ1v) is 22.2. The Hall–Kier alpha value is -8.66. The molecular weight excluding hydrogens is 789 g/mol. The van der Waals surface area contributed by atoms with Gasteiger partial charge in [-0.15, -0.1) is 0 Å². The number of hydrogen-bond donors (Lipinski definition) is 0. The molecule has 3 heteroatoms. The van der Waals surface area contributed by atoms with Crippen LogP contribution >= 0.6 is 0 Å². The Morgan fingerprint density at radius 1 is 0.292 bits per heavy atom. The first-order chi connectivity index (χ1) is 32.2. The summed E-state index contributed by atoms with van der Waals surface area (Å²) in [6, 6.07) is 87.7. The molecule has 11 aromatic carbocycles. The average Bonchev–Trinajstić information content (AvgIpc) is 3.93. The van der Waals surface area contributed by atoms with Crippen molar-refractivity contribution in [2.75, 3.05) is 4.90 Å². The normalized spacial score (nSPS) is 11.7. The van der Waals surface area contributed by atoms with Gasteiger partial charge in [0.2, 0.25) is 0 Å². The van der Waals surface area contributed by atoms with Crippen LogP contribution in [0.1, 0.15) is 0 Å². The summed E-state index contributed by atoms with van der Waals surface area (Å²) in [5.41, 5.74) is 15.6. The maximum Gasteiger partial charge on any atom is 0.143 e. The zero-order chi connectivity index (χ0) is 42.8. The minimum absolute atomic E-state index is 0.875. The third-order valence-corrected chi connectivity index (χ3v) is 13.2. The third kappa shape index (κ3) is 6.28. The molecule has 0 saturated heterocycles. The van der Waals surface area contributed by atoms with Crippen LogP contribution < -0.4 is 4.90 Å². The molecule has 0 spiro atoms. The highest BCUT2D eigenvalue weighted by atomic mass is 16.3. The molecule has 0 aliphatic heterocycles. The molecule has 2 aromatic heterocycles. The molecule has 0 N–H and O–H groups in total. The standard InChI is InChI=1S/C62H40N2O/c1-2-13-45-38-49(24-23-41(45)11-1)47-15-9-14-46(37-47)42-25-30-50(31-26-42)63(53-34-36-61-58(40-53)57-35-29-44-12-3-4-18-54(44)62(57)65-61)51-32-27-43(28-33-51)48-16-10-17-52(39-48)64-59-21-7-5-19-55(59)56-20-6-8-22-60(56)64/h1-40H. The fourth-order valence-corrected chi connectivity index (χ4v) is 9.96. The van der Waals surface area contributed by atoms with Gasteiger partial charge in [0.15, 0.2) is 0 Å². The van der Waals surface area contributed by atoms with Crippen molar-refractivity contribution in [3.05, 3.63) is 243 Å². The predicted octanol–water partition coefficient (Wildman–Crippen LogP) is 17.5. The first kappa shape index (κ1) is 36.9. The predicted molar refractivity (Wildman–Crippen MR) is 274 cm³/mol. The largest absolute Gasteiger partial charge is 0.455 e. The second-order valence-corrected chi connectivity index (χ2v) is 16.9. The van der Waals surface area contributed by atoms with E-state index in [9.17, 15) is 0 Å². The Bertz CT molecular complexity index is 3900. The van der Waals surface area contributed by atoms with Crippen LogP contribution in [0.3, 0.4) is 0 Å². The molecule has 0 unspecified atom stereocenters. The Labute approximate surface area is 376 Å². The smallest absolute Gasteiger partial charge is 0.143 e. The Balaban J connectivity index is 0.895. The molecule has 2 heterocycles. The lowest BCUT2D eigenvalue weighted by atomic mass is 9.97. The van der Waals surface area contributed by atoms with E-state index in [4.69, 9.17) is 4.42 Å². The fourth-order valence-electron chi connectivity index (χ4n) is 9.96. The van der Waals surface area contributed by atoms with Crippen molar-refractivity contribution in [1.82, 2.24) is 4.57 Å². The molecule has 0 atom stereocenters. The monoisotopic (exact) mass is 828 g/mol. The van der Waals surface area contributed by atoms with Crippen molar-refractivity contribution < 1.29 is 4.42 Å². The van der Waals surface area contributed by atoms with Gasteiger partial charge in [0.05, 0.1) is 11.0 Å². The van der Waals surface area contributed by atoms with Gasteiger partial charge in [-0.3, -0.25) is 0 Å². The summed E-state index contributed by atoms with van der Waals surface area (Å²) in [5.74, 6) is 0. The van der Waals surface area contributed by atoms with E-state index in [2.05, 4.69) is 252 Å². The van der Waals surface area contributed by atoms with Crippen LogP contribution in [0.2, 0.25) is 0 Å². The van der Waals surface area contributed by atoms with Gasteiger partial charge in [-0.25, -0.2) is 0 Å². The number of hydrogen-bond acceptors (Lipinski definition) is 2. The number of fused-ring (bicyclic) bond motifs is 9. The van der Waals surface area contributed by atoms with Crippen LogP contribution in [0.4, 0.5) is 17.1 Å². The van der Waals surface area contributed by atoms with E-state index in [0.29, 0.717) is 0 Å². The van der Waals surface area contributed by atoms with Crippen molar-refractivity contribution in [1.29, 1.82) is 0 Å². The average molecular weight is 829 g/mol. The van der Waals surface area contributed by atoms with Gasteiger partial charge >= 0.3 is 0 Å². The fraction of sp³-hybridized carbons (Fsp3) is 0. The summed E-state index contributed by atoms with van der Waals surface area (Å²) in [6.45, 7) is 0. The zero-order valence-corrected chi connectivity index (χ0v) is 35.4. The van der Waals surface area contributed by atoms with Gasteiger partial charge in [0.1, 0.15) is 11.2 Å². The lowest BCUT2D eigenvalue weighted by molar-refractivity contribution is 0.672. The van der Waals surface area contributed by atoms with Crippen molar-refractivity contribution in [3.63, 3.8) is 0 Å². The highest BCUT2D eigenvalue weighted by Crippen LogP contribution is 2.42.